The molecule has 3 nitrogen and oxygen atoms in total. The predicted octanol–water partition coefficient (Wildman–Crippen LogP) is 4.47. The Morgan fingerprint density at radius 1 is 1.25 bits per heavy atom. The van der Waals surface area contributed by atoms with Crippen LogP contribution in [0, 0.1) is 6.92 Å². The van der Waals surface area contributed by atoms with Gasteiger partial charge in [0.15, 0.2) is 6.10 Å². The number of aryl methyl sites for hydroxylation is 1. The second kappa shape index (κ2) is 9.60. The van der Waals surface area contributed by atoms with Crippen LogP contribution >= 0.6 is 23.4 Å². The van der Waals surface area contributed by atoms with Crippen molar-refractivity contribution in [2.75, 3.05) is 12.3 Å². The molecular formula is C19H22ClNO2S. The Morgan fingerprint density at radius 2 is 2.00 bits per heavy atom. The lowest BCUT2D eigenvalue weighted by atomic mass is 10.2. The molecule has 0 heterocycles. The van der Waals surface area contributed by atoms with Gasteiger partial charge in [-0.25, -0.2) is 0 Å². The number of carbonyl (C=O) groups is 1. The van der Waals surface area contributed by atoms with Gasteiger partial charge in [-0.15, -0.1) is 0 Å². The van der Waals surface area contributed by atoms with Crippen molar-refractivity contribution in [1.82, 2.24) is 5.32 Å². The molecule has 2 aromatic rings. The van der Waals surface area contributed by atoms with E-state index in [1.165, 1.54) is 5.56 Å². The number of halogens is 1. The molecule has 24 heavy (non-hydrogen) atoms. The summed E-state index contributed by atoms with van der Waals surface area (Å²) >= 11 is 7.72. The van der Waals surface area contributed by atoms with Crippen molar-refractivity contribution < 1.29 is 9.53 Å². The van der Waals surface area contributed by atoms with Gasteiger partial charge < -0.3 is 10.1 Å². The maximum absolute atomic E-state index is 12.0. The Kier molecular flexibility index (Phi) is 7.47. The van der Waals surface area contributed by atoms with Crippen LogP contribution in [0.15, 0.2) is 48.5 Å². The van der Waals surface area contributed by atoms with E-state index in [-0.39, 0.29) is 5.91 Å². The van der Waals surface area contributed by atoms with Crippen molar-refractivity contribution in [2.24, 2.45) is 0 Å². The molecule has 0 fully saturated rings. The van der Waals surface area contributed by atoms with Crippen LogP contribution in [0.25, 0.3) is 0 Å². The SMILES string of the molecule is Cc1ccc(O[C@@H](C)C(=O)NCCSCc2cccc(Cl)c2)cc1. The molecule has 0 saturated carbocycles. The van der Waals surface area contributed by atoms with Gasteiger partial charge >= 0.3 is 0 Å². The van der Waals surface area contributed by atoms with E-state index in [4.69, 9.17) is 16.3 Å². The quantitative estimate of drug-likeness (QED) is 0.703. The van der Waals surface area contributed by atoms with E-state index in [2.05, 4.69) is 11.4 Å². The minimum Gasteiger partial charge on any atom is -0.481 e. The molecular weight excluding hydrogens is 342 g/mol. The second-order valence-electron chi connectivity index (χ2n) is 5.55. The highest BCUT2D eigenvalue weighted by Crippen LogP contribution is 2.16. The summed E-state index contributed by atoms with van der Waals surface area (Å²) in [6, 6.07) is 15.5. The Labute approximate surface area is 152 Å². The van der Waals surface area contributed by atoms with Crippen LogP contribution in [0.1, 0.15) is 18.1 Å². The lowest BCUT2D eigenvalue weighted by Crippen LogP contribution is -2.37. The largest absolute Gasteiger partial charge is 0.481 e. The number of nitrogens with one attached hydrogen (secondary N) is 1. The van der Waals surface area contributed by atoms with Gasteiger partial charge in [0.25, 0.3) is 5.91 Å². The van der Waals surface area contributed by atoms with Crippen LogP contribution < -0.4 is 10.1 Å². The van der Waals surface area contributed by atoms with Crippen molar-refractivity contribution in [3.05, 3.63) is 64.7 Å². The van der Waals surface area contributed by atoms with Crippen molar-refractivity contribution in [2.45, 2.75) is 25.7 Å². The molecule has 2 rings (SSSR count). The molecule has 128 valence electrons. The van der Waals surface area contributed by atoms with Crippen LogP contribution in [0.4, 0.5) is 0 Å². The van der Waals surface area contributed by atoms with Crippen molar-refractivity contribution in [1.29, 1.82) is 0 Å². The van der Waals surface area contributed by atoms with Crippen LogP contribution in [-0.4, -0.2) is 24.3 Å². The summed E-state index contributed by atoms with van der Waals surface area (Å²) in [6.45, 7) is 4.39. The smallest absolute Gasteiger partial charge is 0.260 e. The zero-order valence-corrected chi connectivity index (χ0v) is 15.5. The van der Waals surface area contributed by atoms with Crippen LogP contribution in [0.5, 0.6) is 5.75 Å². The molecule has 5 heteroatoms. The molecule has 0 aromatic heterocycles. The fraction of sp³-hybridized carbons (Fsp3) is 0.316. The molecule has 2 aromatic carbocycles. The third kappa shape index (κ3) is 6.46. The number of hydrogen-bond donors (Lipinski definition) is 1. The highest BCUT2D eigenvalue weighted by atomic mass is 35.5. The average molecular weight is 364 g/mol. The average Bonchev–Trinajstić information content (AvgIpc) is 2.56. The fourth-order valence-corrected chi connectivity index (χ4v) is 3.10. The van der Waals surface area contributed by atoms with Crippen molar-refractivity contribution >= 4 is 29.3 Å². The van der Waals surface area contributed by atoms with E-state index in [1.54, 1.807) is 18.7 Å². The first-order valence-electron chi connectivity index (χ1n) is 7.88. The fourth-order valence-electron chi connectivity index (χ4n) is 2.08. The summed E-state index contributed by atoms with van der Waals surface area (Å²) in [5.41, 5.74) is 2.35. The lowest BCUT2D eigenvalue weighted by Gasteiger charge is -2.14. The minimum absolute atomic E-state index is 0.0982. The molecule has 0 bridgehead atoms. The third-order valence-electron chi connectivity index (χ3n) is 3.41. The van der Waals surface area contributed by atoms with Crippen LogP contribution in [-0.2, 0) is 10.5 Å². The topological polar surface area (TPSA) is 38.3 Å². The Hall–Kier alpha value is -1.65. The molecule has 1 amide bonds. The summed E-state index contributed by atoms with van der Waals surface area (Å²) in [5.74, 6) is 2.33. The molecule has 0 saturated heterocycles. The molecule has 0 aliphatic carbocycles. The summed E-state index contributed by atoms with van der Waals surface area (Å²) in [6.07, 6.45) is -0.509. The number of ether oxygens (including phenoxy) is 1. The zero-order valence-electron chi connectivity index (χ0n) is 13.9. The number of hydrogen-bond acceptors (Lipinski definition) is 3. The van der Waals surface area contributed by atoms with Gasteiger partial charge in [0.2, 0.25) is 0 Å². The number of benzene rings is 2. The molecule has 0 spiro atoms. The van der Waals surface area contributed by atoms with Crippen molar-refractivity contribution in [3.8, 4) is 5.75 Å². The first-order chi connectivity index (χ1) is 11.5. The lowest BCUT2D eigenvalue weighted by molar-refractivity contribution is -0.127. The molecule has 1 atom stereocenters. The molecule has 1 N–H and O–H groups in total. The van der Waals surface area contributed by atoms with Crippen molar-refractivity contribution in [3.63, 3.8) is 0 Å². The predicted molar refractivity (Wildman–Crippen MR) is 102 cm³/mol. The summed E-state index contributed by atoms with van der Waals surface area (Å²) in [4.78, 5) is 12.0. The summed E-state index contributed by atoms with van der Waals surface area (Å²) < 4.78 is 5.64. The maximum Gasteiger partial charge on any atom is 0.260 e. The van der Waals surface area contributed by atoms with E-state index in [0.29, 0.717) is 12.3 Å². The van der Waals surface area contributed by atoms with E-state index in [9.17, 15) is 4.79 Å². The van der Waals surface area contributed by atoms with E-state index in [1.807, 2.05) is 49.4 Å². The standard InChI is InChI=1S/C19H22ClNO2S/c1-14-6-8-18(9-7-14)23-15(2)19(22)21-10-11-24-13-16-4-3-5-17(20)12-16/h3-9,12,15H,10-11,13H2,1-2H3,(H,21,22)/t15-/m0/s1. The van der Waals surface area contributed by atoms with E-state index >= 15 is 0 Å². The van der Waals surface area contributed by atoms with Crippen LogP contribution in [0.3, 0.4) is 0 Å². The number of thioether (sulfide) groups is 1. The minimum atomic E-state index is -0.509. The number of rotatable bonds is 8. The maximum atomic E-state index is 12.0. The first kappa shape index (κ1) is 18.7. The Morgan fingerprint density at radius 3 is 2.71 bits per heavy atom. The Bertz CT molecular complexity index is 661. The van der Waals surface area contributed by atoms with Crippen LogP contribution in [0.2, 0.25) is 5.02 Å². The van der Waals surface area contributed by atoms with Gasteiger partial charge in [0.05, 0.1) is 0 Å². The number of amides is 1. The normalized spacial score (nSPS) is 11.8. The molecule has 0 radical (unpaired) electrons. The van der Waals surface area contributed by atoms with Gasteiger partial charge in [-0.2, -0.15) is 11.8 Å². The molecule has 0 aliphatic heterocycles. The van der Waals surface area contributed by atoms with Gasteiger partial charge in [0.1, 0.15) is 5.75 Å². The van der Waals surface area contributed by atoms with Gasteiger partial charge in [0, 0.05) is 23.1 Å². The van der Waals surface area contributed by atoms with Gasteiger partial charge in [-0.1, -0.05) is 41.4 Å². The highest BCUT2D eigenvalue weighted by Gasteiger charge is 2.13. The van der Waals surface area contributed by atoms with Gasteiger partial charge in [-0.05, 0) is 43.7 Å². The molecule has 0 aliphatic rings. The summed E-state index contributed by atoms with van der Waals surface area (Å²) in [7, 11) is 0. The highest BCUT2D eigenvalue weighted by molar-refractivity contribution is 7.98. The second-order valence-corrected chi connectivity index (χ2v) is 7.09. The summed E-state index contributed by atoms with van der Waals surface area (Å²) in [5, 5.41) is 3.65. The first-order valence-corrected chi connectivity index (χ1v) is 9.41. The Balaban J connectivity index is 1.64. The monoisotopic (exact) mass is 363 g/mol. The third-order valence-corrected chi connectivity index (χ3v) is 4.67. The number of carbonyl (C=O) groups excluding carboxylic acids is 1. The van der Waals surface area contributed by atoms with E-state index < -0.39 is 6.10 Å². The molecule has 0 unspecified atom stereocenters. The van der Waals surface area contributed by atoms with E-state index in [0.717, 1.165) is 22.1 Å². The van der Waals surface area contributed by atoms with Gasteiger partial charge in [-0.3, -0.25) is 4.79 Å². The zero-order chi connectivity index (χ0) is 17.4.